The number of aryl methyl sites for hydroxylation is 1. The third-order valence-corrected chi connectivity index (χ3v) is 4.37. The fourth-order valence-corrected chi connectivity index (χ4v) is 2.79. The van der Waals surface area contributed by atoms with E-state index in [9.17, 15) is 13.2 Å². The Hall–Kier alpha value is -2.05. The quantitative estimate of drug-likeness (QED) is 0.617. The Bertz CT molecular complexity index is 797. The summed E-state index contributed by atoms with van der Waals surface area (Å²) in [6.07, 6.45) is 0. The van der Waals surface area contributed by atoms with E-state index in [-0.39, 0.29) is 22.0 Å². The van der Waals surface area contributed by atoms with Crippen molar-refractivity contribution in [2.24, 2.45) is 0 Å². The number of carbonyl (C=O) groups is 1. The van der Waals surface area contributed by atoms with Crippen molar-refractivity contribution in [3.63, 3.8) is 0 Å². The first-order valence-electron chi connectivity index (χ1n) is 6.22. The van der Waals surface area contributed by atoms with E-state index in [1.54, 1.807) is 12.1 Å². The van der Waals surface area contributed by atoms with Crippen molar-refractivity contribution in [3.8, 4) is 11.5 Å². The van der Waals surface area contributed by atoms with Gasteiger partial charge in [0.2, 0.25) is 0 Å². The van der Waals surface area contributed by atoms with Crippen LogP contribution in [0.25, 0.3) is 0 Å². The van der Waals surface area contributed by atoms with E-state index in [4.69, 9.17) is 20.5 Å². The van der Waals surface area contributed by atoms with Crippen LogP contribution in [0.5, 0.6) is 11.5 Å². The Morgan fingerprint density at radius 1 is 1.05 bits per heavy atom. The zero-order valence-corrected chi connectivity index (χ0v) is 13.4. The molecule has 0 N–H and O–H groups in total. The molecule has 2 rings (SSSR count). The molecule has 2 aromatic carbocycles. The van der Waals surface area contributed by atoms with Crippen molar-refractivity contribution in [2.45, 2.75) is 11.8 Å². The average molecular weight is 341 g/mol. The predicted octanol–water partition coefficient (Wildman–Crippen LogP) is 3.15. The number of carbonyl (C=O) groups excluding carboxylic acids is 1. The van der Waals surface area contributed by atoms with E-state index in [0.29, 0.717) is 0 Å². The van der Waals surface area contributed by atoms with Gasteiger partial charge < -0.3 is 8.92 Å². The lowest BCUT2D eigenvalue weighted by atomic mass is 10.2. The molecular weight excluding hydrogens is 328 g/mol. The zero-order valence-electron chi connectivity index (χ0n) is 11.9. The highest BCUT2D eigenvalue weighted by Crippen LogP contribution is 2.31. The molecule has 0 spiro atoms. The number of hydrogen-bond donors (Lipinski definition) is 0. The minimum absolute atomic E-state index is 0.0234. The number of halogens is 1. The summed E-state index contributed by atoms with van der Waals surface area (Å²) in [6, 6.07) is 10.2. The fourth-order valence-electron chi connectivity index (χ4n) is 1.73. The topological polar surface area (TPSA) is 69.7 Å². The number of methoxy groups -OCH3 is 1. The smallest absolute Gasteiger partial charge is 0.339 e. The molecule has 7 heteroatoms. The van der Waals surface area contributed by atoms with Crippen LogP contribution < -0.4 is 8.92 Å². The lowest BCUT2D eigenvalue weighted by molar-refractivity contribution is 0.108. The molecule has 0 heterocycles. The summed E-state index contributed by atoms with van der Waals surface area (Å²) in [5, 5.41) is -0.675. The maximum absolute atomic E-state index is 12.2. The summed E-state index contributed by atoms with van der Waals surface area (Å²) in [7, 11) is -2.66. The Morgan fingerprint density at radius 2 is 1.68 bits per heavy atom. The second-order valence-corrected chi connectivity index (χ2v) is 6.38. The van der Waals surface area contributed by atoms with Crippen molar-refractivity contribution >= 4 is 27.0 Å². The highest BCUT2D eigenvalue weighted by atomic mass is 35.5. The van der Waals surface area contributed by atoms with Gasteiger partial charge in [0.1, 0.15) is 4.90 Å². The van der Waals surface area contributed by atoms with Gasteiger partial charge >= 0.3 is 10.1 Å². The molecule has 0 bridgehead atoms. The predicted molar refractivity (Wildman–Crippen MR) is 82.2 cm³/mol. The molecule has 0 fully saturated rings. The summed E-state index contributed by atoms with van der Waals surface area (Å²) in [4.78, 5) is 11.1. The molecule has 2 aromatic rings. The first-order chi connectivity index (χ1) is 10.3. The van der Waals surface area contributed by atoms with E-state index in [1.165, 1.54) is 37.4 Å². The highest BCUT2D eigenvalue weighted by molar-refractivity contribution is 7.87. The van der Waals surface area contributed by atoms with Crippen LogP contribution in [-0.2, 0) is 10.1 Å². The summed E-state index contributed by atoms with van der Waals surface area (Å²) in [6.45, 7) is 1.85. The Labute approximate surface area is 133 Å². The van der Waals surface area contributed by atoms with E-state index in [1.807, 2.05) is 6.92 Å². The van der Waals surface area contributed by atoms with Crippen LogP contribution in [0.15, 0.2) is 47.4 Å². The number of rotatable bonds is 5. The van der Waals surface area contributed by atoms with Crippen LogP contribution in [0.4, 0.5) is 0 Å². The van der Waals surface area contributed by atoms with Crippen LogP contribution in [0.1, 0.15) is 15.9 Å². The van der Waals surface area contributed by atoms with E-state index in [2.05, 4.69) is 0 Å². The van der Waals surface area contributed by atoms with Crippen LogP contribution in [0.2, 0.25) is 0 Å². The molecule has 0 saturated carbocycles. The molecule has 0 aliphatic carbocycles. The lowest BCUT2D eigenvalue weighted by Gasteiger charge is -2.11. The summed E-state index contributed by atoms with van der Waals surface area (Å²) >= 11 is 5.37. The average Bonchev–Trinajstić information content (AvgIpc) is 2.47. The summed E-state index contributed by atoms with van der Waals surface area (Å²) in [5.41, 5.74) is 1.11. The maximum atomic E-state index is 12.2. The van der Waals surface area contributed by atoms with Crippen molar-refractivity contribution < 1.29 is 22.1 Å². The van der Waals surface area contributed by atoms with Crippen LogP contribution in [0.3, 0.4) is 0 Å². The number of ether oxygens (including phenoxy) is 1. The van der Waals surface area contributed by atoms with Crippen LogP contribution in [0, 0.1) is 6.92 Å². The van der Waals surface area contributed by atoms with Gasteiger partial charge in [-0.25, -0.2) is 0 Å². The van der Waals surface area contributed by atoms with Gasteiger partial charge in [-0.15, -0.1) is 0 Å². The zero-order chi connectivity index (χ0) is 16.3. The third-order valence-electron chi connectivity index (χ3n) is 2.90. The van der Waals surface area contributed by atoms with Crippen molar-refractivity contribution in [1.29, 1.82) is 0 Å². The molecule has 0 aromatic heterocycles. The SMILES string of the molecule is COc1cc(C(=O)Cl)ccc1OS(=O)(=O)c1ccc(C)cc1. The molecule has 0 atom stereocenters. The summed E-state index contributed by atoms with van der Waals surface area (Å²) in [5.74, 6) is 0.0759. The molecule has 0 amide bonds. The first-order valence-corrected chi connectivity index (χ1v) is 8.01. The van der Waals surface area contributed by atoms with E-state index < -0.39 is 15.4 Å². The second kappa shape index (κ2) is 6.37. The minimum atomic E-state index is -3.99. The first kappa shape index (κ1) is 16.3. The maximum Gasteiger partial charge on any atom is 0.339 e. The molecule has 22 heavy (non-hydrogen) atoms. The summed E-state index contributed by atoms with van der Waals surface area (Å²) < 4.78 is 34.6. The molecule has 0 saturated heterocycles. The molecule has 0 aliphatic heterocycles. The lowest BCUT2D eigenvalue weighted by Crippen LogP contribution is -2.10. The Kier molecular flexibility index (Phi) is 4.73. The van der Waals surface area contributed by atoms with Crippen molar-refractivity contribution in [1.82, 2.24) is 0 Å². The van der Waals surface area contributed by atoms with Gasteiger partial charge in [-0.1, -0.05) is 17.7 Å². The molecule has 0 unspecified atom stereocenters. The number of hydrogen-bond acceptors (Lipinski definition) is 5. The third kappa shape index (κ3) is 3.58. The molecular formula is C15H13ClO5S. The van der Waals surface area contributed by atoms with Gasteiger partial charge in [0.25, 0.3) is 5.24 Å². The van der Waals surface area contributed by atoms with Gasteiger partial charge in [-0.2, -0.15) is 8.42 Å². The van der Waals surface area contributed by atoms with Gasteiger partial charge in [0.15, 0.2) is 11.5 Å². The van der Waals surface area contributed by atoms with Crippen LogP contribution in [-0.4, -0.2) is 20.8 Å². The molecule has 116 valence electrons. The minimum Gasteiger partial charge on any atom is -0.493 e. The van der Waals surface area contributed by atoms with E-state index >= 15 is 0 Å². The monoisotopic (exact) mass is 340 g/mol. The van der Waals surface area contributed by atoms with Crippen LogP contribution >= 0.6 is 11.6 Å². The van der Waals surface area contributed by atoms with Gasteiger partial charge in [-0.05, 0) is 48.9 Å². The Balaban J connectivity index is 2.37. The standard InChI is InChI=1S/C15H13ClO5S/c1-10-3-6-12(7-4-10)22(18,19)21-13-8-5-11(15(16)17)9-14(13)20-2/h3-9H,1-2H3. The normalized spacial score (nSPS) is 11.0. The fraction of sp³-hybridized carbons (Fsp3) is 0.133. The van der Waals surface area contributed by atoms with Gasteiger partial charge in [-0.3, -0.25) is 4.79 Å². The highest BCUT2D eigenvalue weighted by Gasteiger charge is 2.19. The number of benzene rings is 2. The molecule has 0 radical (unpaired) electrons. The second-order valence-electron chi connectivity index (χ2n) is 4.49. The largest absolute Gasteiger partial charge is 0.493 e. The van der Waals surface area contributed by atoms with Crippen molar-refractivity contribution in [3.05, 3.63) is 53.6 Å². The van der Waals surface area contributed by atoms with Gasteiger partial charge in [0.05, 0.1) is 7.11 Å². The van der Waals surface area contributed by atoms with Gasteiger partial charge in [0, 0.05) is 5.56 Å². The molecule has 0 aliphatic rings. The van der Waals surface area contributed by atoms with E-state index in [0.717, 1.165) is 5.56 Å². The van der Waals surface area contributed by atoms with Crippen molar-refractivity contribution in [2.75, 3.05) is 7.11 Å². The molecule has 5 nitrogen and oxygen atoms in total. The Morgan fingerprint density at radius 3 is 2.23 bits per heavy atom.